The number of fused-ring (bicyclic) bond motifs is 1. The lowest BCUT2D eigenvalue weighted by atomic mass is 10.0. The zero-order valence-electron chi connectivity index (χ0n) is 16.3. The van der Waals surface area contributed by atoms with Crippen LogP contribution >= 0.6 is 0 Å². The summed E-state index contributed by atoms with van der Waals surface area (Å²) >= 11 is 0. The third-order valence-corrected chi connectivity index (χ3v) is 5.52. The number of piperidine rings is 1. The first kappa shape index (κ1) is 18.2. The Morgan fingerprint density at radius 2 is 1.81 bits per heavy atom. The highest BCUT2D eigenvalue weighted by Gasteiger charge is 2.27. The molecule has 27 heavy (non-hydrogen) atoms. The van der Waals surface area contributed by atoms with Crippen LogP contribution in [0.4, 0.5) is 11.8 Å². The summed E-state index contributed by atoms with van der Waals surface area (Å²) in [5, 5.41) is 9.89. The quantitative estimate of drug-likeness (QED) is 0.893. The SMILES string of the molecule is CN(C)c1nc2c(c(N3CCC(O)CC3)n1)CN(Cc1ccccc1)CC2. The fourth-order valence-electron chi connectivity index (χ4n) is 3.96. The van der Waals surface area contributed by atoms with Gasteiger partial charge >= 0.3 is 0 Å². The number of hydrogen-bond donors (Lipinski definition) is 1. The van der Waals surface area contributed by atoms with E-state index in [2.05, 4.69) is 40.1 Å². The van der Waals surface area contributed by atoms with E-state index in [1.54, 1.807) is 0 Å². The van der Waals surface area contributed by atoms with Crippen molar-refractivity contribution in [3.05, 3.63) is 47.2 Å². The molecule has 0 aliphatic carbocycles. The highest BCUT2D eigenvalue weighted by Crippen LogP contribution is 2.31. The molecule has 1 N–H and O–H groups in total. The summed E-state index contributed by atoms with van der Waals surface area (Å²) in [6.45, 7) is 4.57. The van der Waals surface area contributed by atoms with Gasteiger partial charge in [-0.05, 0) is 18.4 Å². The Kier molecular flexibility index (Phi) is 5.27. The Labute approximate surface area is 161 Å². The molecule has 2 aromatic rings. The van der Waals surface area contributed by atoms with Gasteiger partial charge in [-0.25, -0.2) is 4.98 Å². The van der Waals surface area contributed by atoms with E-state index in [9.17, 15) is 5.11 Å². The topological polar surface area (TPSA) is 55.7 Å². The predicted molar refractivity (Wildman–Crippen MR) is 108 cm³/mol. The van der Waals surface area contributed by atoms with E-state index in [-0.39, 0.29) is 6.10 Å². The molecule has 3 heterocycles. The highest BCUT2D eigenvalue weighted by atomic mass is 16.3. The molecule has 0 saturated carbocycles. The van der Waals surface area contributed by atoms with Gasteiger partial charge in [0.1, 0.15) is 5.82 Å². The molecule has 2 aliphatic rings. The van der Waals surface area contributed by atoms with Crippen molar-refractivity contribution in [3.63, 3.8) is 0 Å². The molecule has 4 rings (SSSR count). The van der Waals surface area contributed by atoms with Crippen molar-refractivity contribution in [1.82, 2.24) is 14.9 Å². The first-order valence-corrected chi connectivity index (χ1v) is 9.86. The molecule has 6 heteroatoms. The lowest BCUT2D eigenvalue weighted by Gasteiger charge is -2.36. The molecule has 2 aliphatic heterocycles. The van der Waals surface area contributed by atoms with Crippen molar-refractivity contribution < 1.29 is 5.11 Å². The molecular formula is C21H29N5O. The molecule has 0 spiro atoms. The Hall–Kier alpha value is -2.18. The number of hydrogen-bond acceptors (Lipinski definition) is 6. The maximum Gasteiger partial charge on any atom is 0.227 e. The Balaban J connectivity index is 1.62. The Morgan fingerprint density at radius 3 is 2.52 bits per heavy atom. The average Bonchev–Trinajstić information content (AvgIpc) is 2.68. The first-order valence-electron chi connectivity index (χ1n) is 9.86. The van der Waals surface area contributed by atoms with E-state index in [1.165, 1.54) is 16.8 Å². The van der Waals surface area contributed by atoms with E-state index >= 15 is 0 Å². The van der Waals surface area contributed by atoms with Gasteiger partial charge in [0, 0.05) is 58.8 Å². The van der Waals surface area contributed by atoms with E-state index in [0.717, 1.165) is 63.8 Å². The summed E-state index contributed by atoms with van der Waals surface area (Å²) in [4.78, 5) is 16.6. The number of rotatable bonds is 4. The van der Waals surface area contributed by atoms with Crippen molar-refractivity contribution in [2.45, 2.75) is 38.5 Å². The van der Waals surface area contributed by atoms with Gasteiger partial charge in [-0.2, -0.15) is 4.98 Å². The van der Waals surface area contributed by atoms with Crippen molar-refractivity contribution in [1.29, 1.82) is 0 Å². The van der Waals surface area contributed by atoms with E-state index in [4.69, 9.17) is 9.97 Å². The smallest absolute Gasteiger partial charge is 0.227 e. The van der Waals surface area contributed by atoms with Crippen LogP contribution in [0.25, 0.3) is 0 Å². The second-order valence-electron chi connectivity index (χ2n) is 7.83. The zero-order valence-corrected chi connectivity index (χ0v) is 16.3. The van der Waals surface area contributed by atoms with Crippen molar-refractivity contribution >= 4 is 11.8 Å². The van der Waals surface area contributed by atoms with Crippen molar-refractivity contribution in [2.75, 3.05) is 43.5 Å². The summed E-state index contributed by atoms with van der Waals surface area (Å²) in [5.74, 6) is 1.85. The van der Waals surface area contributed by atoms with Gasteiger partial charge in [-0.15, -0.1) is 0 Å². The number of benzene rings is 1. The maximum atomic E-state index is 9.89. The number of nitrogens with zero attached hydrogens (tertiary/aromatic N) is 5. The molecular weight excluding hydrogens is 338 g/mol. The molecule has 0 radical (unpaired) electrons. The molecule has 0 atom stereocenters. The van der Waals surface area contributed by atoms with Crippen LogP contribution in [0.1, 0.15) is 29.7 Å². The molecule has 0 bridgehead atoms. The van der Waals surface area contributed by atoms with Crippen LogP contribution in [-0.2, 0) is 19.5 Å². The number of aromatic nitrogens is 2. The summed E-state index contributed by atoms with van der Waals surface area (Å²) in [6.07, 6.45) is 2.39. The van der Waals surface area contributed by atoms with Gasteiger partial charge in [-0.1, -0.05) is 30.3 Å². The number of aliphatic hydroxyl groups excluding tert-OH is 1. The van der Waals surface area contributed by atoms with Gasteiger partial charge in [0.05, 0.1) is 11.8 Å². The fraction of sp³-hybridized carbons (Fsp3) is 0.524. The van der Waals surface area contributed by atoms with Gasteiger partial charge in [-0.3, -0.25) is 4.90 Å². The van der Waals surface area contributed by atoms with E-state index < -0.39 is 0 Å². The summed E-state index contributed by atoms with van der Waals surface area (Å²) in [5.41, 5.74) is 3.78. The van der Waals surface area contributed by atoms with Gasteiger partial charge in [0.2, 0.25) is 5.95 Å². The predicted octanol–water partition coefficient (Wildman–Crippen LogP) is 2.06. The van der Waals surface area contributed by atoms with Gasteiger partial charge in [0.25, 0.3) is 0 Å². The second-order valence-corrected chi connectivity index (χ2v) is 7.83. The summed E-state index contributed by atoms with van der Waals surface area (Å²) in [6, 6.07) is 10.6. The van der Waals surface area contributed by atoms with Gasteiger partial charge in [0.15, 0.2) is 0 Å². The van der Waals surface area contributed by atoms with Crippen LogP contribution in [0.3, 0.4) is 0 Å². The van der Waals surface area contributed by atoms with Crippen LogP contribution in [0.2, 0.25) is 0 Å². The number of anilines is 2. The molecule has 1 aromatic carbocycles. The standard InChI is InChI=1S/C21H29N5O/c1-24(2)21-22-19-10-11-25(14-16-6-4-3-5-7-16)15-18(19)20(23-21)26-12-8-17(27)9-13-26/h3-7,17,27H,8-15H2,1-2H3. The minimum absolute atomic E-state index is 0.179. The summed E-state index contributed by atoms with van der Waals surface area (Å²) in [7, 11) is 3.99. The first-order chi connectivity index (χ1) is 13.1. The Bertz CT molecular complexity index is 772. The fourth-order valence-corrected chi connectivity index (χ4v) is 3.96. The summed E-state index contributed by atoms with van der Waals surface area (Å²) < 4.78 is 0. The molecule has 0 unspecified atom stereocenters. The molecule has 1 fully saturated rings. The average molecular weight is 367 g/mol. The highest BCUT2D eigenvalue weighted by molar-refractivity contribution is 5.54. The molecule has 0 amide bonds. The molecule has 1 saturated heterocycles. The third kappa shape index (κ3) is 4.06. The van der Waals surface area contributed by atoms with Crippen molar-refractivity contribution in [2.24, 2.45) is 0 Å². The van der Waals surface area contributed by atoms with E-state index in [0.29, 0.717) is 0 Å². The minimum atomic E-state index is -0.179. The zero-order chi connectivity index (χ0) is 18.8. The van der Waals surface area contributed by atoms with Crippen LogP contribution in [0.15, 0.2) is 30.3 Å². The second kappa shape index (κ2) is 7.82. The Morgan fingerprint density at radius 1 is 1.07 bits per heavy atom. The lowest BCUT2D eigenvalue weighted by molar-refractivity contribution is 0.145. The van der Waals surface area contributed by atoms with Crippen LogP contribution in [0, 0.1) is 0 Å². The maximum absolute atomic E-state index is 9.89. The largest absolute Gasteiger partial charge is 0.393 e. The molecule has 6 nitrogen and oxygen atoms in total. The van der Waals surface area contributed by atoms with Crippen molar-refractivity contribution in [3.8, 4) is 0 Å². The van der Waals surface area contributed by atoms with E-state index in [1.807, 2.05) is 19.0 Å². The van der Waals surface area contributed by atoms with Crippen LogP contribution in [-0.4, -0.2) is 59.8 Å². The third-order valence-electron chi connectivity index (χ3n) is 5.52. The minimum Gasteiger partial charge on any atom is -0.393 e. The monoisotopic (exact) mass is 367 g/mol. The number of aliphatic hydroxyl groups is 1. The normalized spacial score (nSPS) is 18.4. The van der Waals surface area contributed by atoms with Crippen LogP contribution < -0.4 is 9.80 Å². The molecule has 1 aromatic heterocycles. The molecule has 144 valence electrons. The van der Waals surface area contributed by atoms with Gasteiger partial charge < -0.3 is 14.9 Å². The lowest BCUT2D eigenvalue weighted by Crippen LogP contribution is -2.39. The van der Waals surface area contributed by atoms with Crippen LogP contribution in [0.5, 0.6) is 0 Å².